The fraction of sp³-hybridized carbons (Fsp3) is 0.294. The van der Waals surface area contributed by atoms with Crippen LogP contribution in [0.4, 0.5) is 4.39 Å². The molecule has 6 heteroatoms. The highest BCUT2D eigenvalue weighted by atomic mass is 19.1. The largest absolute Gasteiger partial charge is 0.369 e. The van der Waals surface area contributed by atoms with Crippen LogP contribution in [0.15, 0.2) is 42.6 Å². The molecule has 0 aliphatic heterocycles. The van der Waals surface area contributed by atoms with Crippen molar-refractivity contribution in [2.24, 2.45) is 11.7 Å². The molecule has 0 fully saturated rings. The molecule has 2 atom stereocenters. The van der Waals surface area contributed by atoms with Crippen LogP contribution < -0.4 is 11.1 Å². The molecule has 0 radical (unpaired) electrons. The molecule has 1 heterocycles. The summed E-state index contributed by atoms with van der Waals surface area (Å²) < 4.78 is 13.1. The van der Waals surface area contributed by atoms with Gasteiger partial charge in [-0.2, -0.15) is 5.10 Å². The zero-order valence-corrected chi connectivity index (χ0v) is 12.6. The van der Waals surface area contributed by atoms with Crippen molar-refractivity contribution in [2.45, 2.75) is 25.4 Å². The number of aromatic nitrogens is 2. The molecule has 1 aromatic carbocycles. The fourth-order valence-corrected chi connectivity index (χ4v) is 2.91. The van der Waals surface area contributed by atoms with Gasteiger partial charge in [-0.25, -0.2) is 4.39 Å². The number of primary amides is 1. The Morgan fingerprint density at radius 1 is 1.30 bits per heavy atom. The minimum atomic E-state index is -0.280. The van der Waals surface area contributed by atoms with E-state index in [1.807, 2.05) is 6.08 Å². The Hall–Kier alpha value is -2.47. The van der Waals surface area contributed by atoms with E-state index in [2.05, 4.69) is 21.6 Å². The van der Waals surface area contributed by atoms with Gasteiger partial charge in [0.25, 0.3) is 0 Å². The average molecular weight is 314 g/mol. The van der Waals surface area contributed by atoms with Gasteiger partial charge in [0.1, 0.15) is 5.82 Å². The van der Waals surface area contributed by atoms with Gasteiger partial charge >= 0.3 is 0 Å². The summed E-state index contributed by atoms with van der Waals surface area (Å²) in [6, 6.07) is 6.28. The van der Waals surface area contributed by atoms with Gasteiger partial charge in [-0.05, 0) is 37.1 Å². The monoisotopic (exact) mass is 314 g/mol. The lowest BCUT2D eigenvalue weighted by Crippen LogP contribution is -2.43. The molecule has 0 bridgehead atoms. The van der Waals surface area contributed by atoms with E-state index in [0.717, 1.165) is 23.2 Å². The summed E-state index contributed by atoms with van der Waals surface area (Å²) in [5, 5.41) is 10.4. The van der Waals surface area contributed by atoms with Crippen molar-refractivity contribution in [2.75, 3.05) is 0 Å². The fourth-order valence-electron chi connectivity index (χ4n) is 2.91. The van der Waals surface area contributed by atoms with E-state index in [1.54, 1.807) is 18.3 Å². The molecule has 0 saturated carbocycles. The summed E-state index contributed by atoms with van der Waals surface area (Å²) in [6.07, 6.45) is 7.24. The van der Waals surface area contributed by atoms with Crippen LogP contribution in [0, 0.1) is 11.7 Å². The van der Waals surface area contributed by atoms with E-state index in [-0.39, 0.29) is 23.7 Å². The molecule has 3 rings (SSSR count). The van der Waals surface area contributed by atoms with Crippen LogP contribution in [-0.2, 0) is 11.3 Å². The van der Waals surface area contributed by atoms with Crippen molar-refractivity contribution in [3.63, 3.8) is 0 Å². The highest BCUT2D eigenvalue weighted by Crippen LogP contribution is 2.23. The number of carbonyl (C=O) groups is 1. The second-order valence-electron chi connectivity index (χ2n) is 5.72. The van der Waals surface area contributed by atoms with Gasteiger partial charge in [0.05, 0.1) is 17.8 Å². The SMILES string of the molecule is NC(=O)[C@@H]1CC=CC[C@@H]1NCc1cn[nH]c1-c1ccc(F)cc1. The van der Waals surface area contributed by atoms with Crippen LogP contribution in [0.3, 0.4) is 0 Å². The van der Waals surface area contributed by atoms with E-state index in [9.17, 15) is 9.18 Å². The Kier molecular flexibility index (Phi) is 4.52. The van der Waals surface area contributed by atoms with Gasteiger partial charge in [0.15, 0.2) is 0 Å². The molecule has 120 valence electrons. The van der Waals surface area contributed by atoms with Crippen LogP contribution in [0.5, 0.6) is 0 Å². The van der Waals surface area contributed by atoms with Crippen LogP contribution in [0.2, 0.25) is 0 Å². The molecule has 1 aromatic heterocycles. The van der Waals surface area contributed by atoms with E-state index < -0.39 is 0 Å². The Morgan fingerprint density at radius 2 is 2.04 bits per heavy atom. The molecule has 5 nitrogen and oxygen atoms in total. The molecule has 2 aromatic rings. The second kappa shape index (κ2) is 6.75. The summed E-state index contributed by atoms with van der Waals surface area (Å²) in [7, 11) is 0. The molecule has 0 unspecified atom stereocenters. The average Bonchev–Trinajstić information content (AvgIpc) is 3.02. The van der Waals surface area contributed by atoms with Crippen LogP contribution in [0.1, 0.15) is 18.4 Å². The molecule has 4 N–H and O–H groups in total. The zero-order valence-electron chi connectivity index (χ0n) is 12.6. The lowest BCUT2D eigenvalue weighted by atomic mass is 9.88. The Bertz CT molecular complexity index is 708. The maximum absolute atomic E-state index is 13.1. The minimum Gasteiger partial charge on any atom is -0.369 e. The smallest absolute Gasteiger partial charge is 0.222 e. The first-order chi connectivity index (χ1) is 11.1. The molecule has 1 amide bonds. The van der Waals surface area contributed by atoms with Gasteiger partial charge < -0.3 is 11.1 Å². The Labute approximate surface area is 133 Å². The normalized spacial score (nSPS) is 20.6. The summed E-state index contributed by atoms with van der Waals surface area (Å²) in [5.74, 6) is -0.745. The first-order valence-electron chi connectivity index (χ1n) is 7.61. The number of halogens is 1. The Morgan fingerprint density at radius 3 is 2.78 bits per heavy atom. The number of rotatable bonds is 5. The maximum atomic E-state index is 13.1. The highest BCUT2D eigenvalue weighted by Gasteiger charge is 2.26. The number of benzene rings is 1. The summed E-state index contributed by atoms with van der Waals surface area (Å²) >= 11 is 0. The van der Waals surface area contributed by atoms with Crippen LogP contribution in [-0.4, -0.2) is 22.1 Å². The Balaban J connectivity index is 1.72. The van der Waals surface area contributed by atoms with E-state index >= 15 is 0 Å². The highest BCUT2D eigenvalue weighted by molar-refractivity contribution is 5.77. The van der Waals surface area contributed by atoms with Crippen LogP contribution in [0.25, 0.3) is 11.3 Å². The minimum absolute atomic E-state index is 0.0217. The molecule has 23 heavy (non-hydrogen) atoms. The van der Waals surface area contributed by atoms with Crippen molar-refractivity contribution >= 4 is 5.91 Å². The van der Waals surface area contributed by atoms with Gasteiger partial charge in [0, 0.05) is 23.7 Å². The van der Waals surface area contributed by atoms with Gasteiger partial charge in [-0.3, -0.25) is 9.89 Å². The number of nitrogens with one attached hydrogen (secondary N) is 2. The lowest BCUT2D eigenvalue weighted by Gasteiger charge is -2.27. The number of nitrogens with two attached hydrogens (primary N) is 1. The van der Waals surface area contributed by atoms with Crippen LogP contribution >= 0.6 is 0 Å². The van der Waals surface area contributed by atoms with Crippen molar-refractivity contribution in [3.05, 3.63) is 54.0 Å². The third kappa shape index (κ3) is 3.48. The number of amides is 1. The van der Waals surface area contributed by atoms with E-state index in [1.165, 1.54) is 12.1 Å². The quantitative estimate of drug-likeness (QED) is 0.739. The molecule has 1 aliphatic carbocycles. The predicted molar refractivity (Wildman–Crippen MR) is 85.7 cm³/mol. The first kappa shape index (κ1) is 15.4. The molecule has 1 aliphatic rings. The molecular weight excluding hydrogens is 295 g/mol. The standard InChI is InChI=1S/C17H19FN4O/c18-13-7-5-11(6-8-13)16-12(10-21-22-16)9-20-15-4-2-1-3-14(15)17(19)23/h1-2,5-8,10,14-15,20H,3-4,9H2,(H2,19,23)(H,21,22)/t14-,15+/m1/s1. The number of carbonyl (C=O) groups excluding carboxylic acids is 1. The van der Waals surface area contributed by atoms with Crippen molar-refractivity contribution in [1.82, 2.24) is 15.5 Å². The van der Waals surface area contributed by atoms with Crippen molar-refractivity contribution in [1.29, 1.82) is 0 Å². The van der Waals surface area contributed by atoms with Gasteiger partial charge in [0.2, 0.25) is 5.91 Å². The lowest BCUT2D eigenvalue weighted by molar-refractivity contribution is -0.122. The summed E-state index contributed by atoms with van der Waals surface area (Å²) in [6.45, 7) is 0.561. The van der Waals surface area contributed by atoms with Gasteiger partial charge in [-0.15, -0.1) is 0 Å². The topological polar surface area (TPSA) is 83.8 Å². The number of aromatic amines is 1. The number of H-pyrrole nitrogens is 1. The molecular formula is C17H19FN4O. The molecule has 0 saturated heterocycles. The zero-order chi connectivity index (χ0) is 16.2. The first-order valence-corrected chi connectivity index (χ1v) is 7.61. The number of allylic oxidation sites excluding steroid dienone is 1. The summed E-state index contributed by atoms with van der Waals surface area (Å²) in [4.78, 5) is 11.5. The number of hydrogen-bond acceptors (Lipinski definition) is 3. The van der Waals surface area contributed by atoms with E-state index in [0.29, 0.717) is 13.0 Å². The van der Waals surface area contributed by atoms with E-state index in [4.69, 9.17) is 5.73 Å². The predicted octanol–water partition coefficient (Wildman–Crippen LogP) is 2.13. The third-order valence-electron chi connectivity index (χ3n) is 4.20. The maximum Gasteiger partial charge on any atom is 0.222 e. The molecule has 0 spiro atoms. The van der Waals surface area contributed by atoms with Crippen molar-refractivity contribution < 1.29 is 9.18 Å². The van der Waals surface area contributed by atoms with Crippen molar-refractivity contribution in [3.8, 4) is 11.3 Å². The third-order valence-corrected chi connectivity index (χ3v) is 4.20. The number of hydrogen-bond donors (Lipinski definition) is 3. The number of nitrogens with zero attached hydrogens (tertiary/aromatic N) is 1. The van der Waals surface area contributed by atoms with Gasteiger partial charge in [-0.1, -0.05) is 12.2 Å². The summed E-state index contributed by atoms with van der Waals surface area (Å²) in [5.41, 5.74) is 8.16. The second-order valence-corrected chi connectivity index (χ2v) is 5.72.